The van der Waals surface area contributed by atoms with E-state index in [1.165, 1.54) is 4.90 Å². The van der Waals surface area contributed by atoms with Crippen LogP contribution in [0.3, 0.4) is 0 Å². The molecule has 2 fully saturated rings. The molecule has 0 aromatic carbocycles. The van der Waals surface area contributed by atoms with Gasteiger partial charge in [-0.1, -0.05) is 0 Å². The van der Waals surface area contributed by atoms with Gasteiger partial charge in [-0.25, -0.2) is 4.79 Å². The van der Waals surface area contributed by atoms with E-state index in [9.17, 15) is 14.4 Å². The van der Waals surface area contributed by atoms with Crippen molar-refractivity contribution in [2.75, 3.05) is 19.6 Å². The molecule has 0 radical (unpaired) electrons. The van der Waals surface area contributed by atoms with Gasteiger partial charge in [0.25, 0.3) is 5.91 Å². The zero-order valence-electron chi connectivity index (χ0n) is 11.3. The number of hydrogen-bond acceptors (Lipinski definition) is 4. The lowest BCUT2D eigenvalue weighted by molar-refractivity contribution is -0.128. The summed E-state index contributed by atoms with van der Waals surface area (Å²) in [6.45, 7) is 2.62. The van der Waals surface area contributed by atoms with Crippen LogP contribution in [0.5, 0.6) is 0 Å². The first-order valence-electron chi connectivity index (χ1n) is 6.37. The van der Waals surface area contributed by atoms with Crippen molar-refractivity contribution in [2.24, 2.45) is 7.05 Å². The van der Waals surface area contributed by atoms with E-state index in [0.717, 1.165) is 5.69 Å². The first-order chi connectivity index (χ1) is 9.47. The molecule has 1 N–H and O–H groups in total. The van der Waals surface area contributed by atoms with Crippen LogP contribution in [0, 0.1) is 6.92 Å². The van der Waals surface area contributed by atoms with E-state index < -0.39 is 0 Å². The Hall–Kier alpha value is -2.38. The minimum Gasteiger partial charge on any atom is -0.333 e. The molecular formula is C12H15N5O3. The van der Waals surface area contributed by atoms with Gasteiger partial charge in [-0.2, -0.15) is 5.10 Å². The predicted octanol–water partition coefficient (Wildman–Crippen LogP) is -0.895. The lowest BCUT2D eigenvalue weighted by atomic mass is 10.1. The van der Waals surface area contributed by atoms with E-state index in [1.807, 2.05) is 6.92 Å². The van der Waals surface area contributed by atoms with Crippen molar-refractivity contribution in [3.63, 3.8) is 0 Å². The summed E-state index contributed by atoms with van der Waals surface area (Å²) in [6, 6.07) is 1.13. The summed E-state index contributed by atoms with van der Waals surface area (Å²) < 4.78 is 1.54. The van der Waals surface area contributed by atoms with E-state index in [2.05, 4.69) is 10.4 Å². The Balaban J connectivity index is 1.66. The zero-order valence-corrected chi connectivity index (χ0v) is 11.3. The fourth-order valence-corrected chi connectivity index (χ4v) is 2.56. The number of nitrogens with zero attached hydrogens (tertiary/aromatic N) is 4. The van der Waals surface area contributed by atoms with Gasteiger partial charge >= 0.3 is 6.03 Å². The molecule has 0 saturated carbocycles. The second kappa shape index (κ2) is 4.32. The molecular weight excluding hydrogens is 262 g/mol. The molecule has 3 rings (SSSR count). The van der Waals surface area contributed by atoms with E-state index in [0.29, 0.717) is 18.8 Å². The molecule has 0 bridgehead atoms. The molecule has 0 unspecified atom stereocenters. The van der Waals surface area contributed by atoms with Crippen LogP contribution in [0.1, 0.15) is 16.2 Å². The largest absolute Gasteiger partial charge is 0.333 e. The van der Waals surface area contributed by atoms with Crippen LogP contribution >= 0.6 is 0 Å². The van der Waals surface area contributed by atoms with Crippen molar-refractivity contribution in [3.05, 3.63) is 17.5 Å². The molecule has 1 aromatic rings. The second-order valence-corrected chi connectivity index (χ2v) is 5.08. The lowest BCUT2D eigenvalue weighted by Gasteiger charge is -2.42. The van der Waals surface area contributed by atoms with Crippen LogP contribution < -0.4 is 5.32 Å². The molecule has 3 heterocycles. The molecule has 1 aromatic heterocycles. The molecule has 4 amide bonds. The highest BCUT2D eigenvalue weighted by Gasteiger charge is 2.43. The van der Waals surface area contributed by atoms with E-state index >= 15 is 0 Å². The maximum atomic E-state index is 12.2. The Morgan fingerprint density at radius 1 is 1.40 bits per heavy atom. The van der Waals surface area contributed by atoms with Gasteiger partial charge in [-0.3, -0.25) is 19.2 Å². The van der Waals surface area contributed by atoms with Gasteiger partial charge in [-0.05, 0) is 13.0 Å². The normalized spacial score (nSPS) is 19.3. The number of amides is 4. The Labute approximate surface area is 115 Å². The van der Waals surface area contributed by atoms with Crippen LogP contribution in [0.2, 0.25) is 0 Å². The van der Waals surface area contributed by atoms with Crippen molar-refractivity contribution in [1.29, 1.82) is 0 Å². The second-order valence-electron chi connectivity index (χ2n) is 5.08. The van der Waals surface area contributed by atoms with Crippen molar-refractivity contribution in [3.8, 4) is 0 Å². The van der Waals surface area contributed by atoms with Gasteiger partial charge in [-0.15, -0.1) is 0 Å². The number of likely N-dealkylation sites (tertiary alicyclic amines) is 1. The molecule has 8 heteroatoms. The highest BCUT2D eigenvalue weighted by atomic mass is 16.2. The number of carbonyl (C=O) groups is 3. The van der Waals surface area contributed by atoms with Crippen LogP contribution in [-0.2, 0) is 11.8 Å². The number of carbonyl (C=O) groups excluding carboxylic acids is 3. The van der Waals surface area contributed by atoms with Crippen molar-refractivity contribution < 1.29 is 14.4 Å². The van der Waals surface area contributed by atoms with E-state index in [4.69, 9.17) is 0 Å². The number of rotatable bonds is 2. The van der Waals surface area contributed by atoms with Gasteiger partial charge < -0.3 is 10.2 Å². The van der Waals surface area contributed by atoms with Crippen LogP contribution in [0.15, 0.2) is 6.07 Å². The Morgan fingerprint density at radius 2 is 2.10 bits per heavy atom. The highest BCUT2D eigenvalue weighted by Crippen LogP contribution is 2.20. The molecule has 8 nitrogen and oxygen atoms in total. The van der Waals surface area contributed by atoms with Gasteiger partial charge in [0.05, 0.1) is 18.3 Å². The van der Waals surface area contributed by atoms with Crippen LogP contribution in [-0.4, -0.2) is 63.1 Å². The number of hydrogen-bond donors (Lipinski definition) is 1. The number of aromatic nitrogens is 2. The number of aryl methyl sites for hydroxylation is 2. The highest BCUT2D eigenvalue weighted by molar-refractivity contribution is 6.02. The molecule has 106 valence electrons. The summed E-state index contributed by atoms with van der Waals surface area (Å²) in [7, 11) is 1.72. The van der Waals surface area contributed by atoms with Crippen molar-refractivity contribution >= 4 is 17.8 Å². The third kappa shape index (κ3) is 1.84. The van der Waals surface area contributed by atoms with Crippen LogP contribution in [0.4, 0.5) is 4.79 Å². The maximum Gasteiger partial charge on any atom is 0.324 e. The topological polar surface area (TPSA) is 87.5 Å². The summed E-state index contributed by atoms with van der Waals surface area (Å²) in [5, 5.41) is 6.61. The van der Waals surface area contributed by atoms with Crippen molar-refractivity contribution in [2.45, 2.75) is 13.0 Å². The third-order valence-electron chi connectivity index (χ3n) is 3.61. The summed E-state index contributed by atoms with van der Waals surface area (Å²) in [5.74, 6) is -0.361. The van der Waals surface area contributed by atoms with E-state index in [1.54, 1.807) is 22.7 Å². The average molecular weight is 277 g/mol. The number of nitrogens with one attached hydrogen (secondary N) is 1. The van der Waals surface area contributed by atoms with Gasteiger partial charge in [0.2, 0.25) is 5.91 Å². The SMILES string of the molecule is Cc1cc(C(=O)N2CC(N3C(=O)CNC3=O)C2)n(C)n1. The molecule has 2 saturated heterocycles. The van der Waals surface area contributed by atoms with Gasteiger partial charge in [0.15, 0.2) is 0 Å². The zero-order chi connectivity index (χ0) is 14.4. The smallest absolute Gasteiger partial charge is 0.324 e. The Morgan fingerprint density at radius 3 is 2.60 bits per heavy atom. The maximum absolute atomic E-state index is 12.2. The average Bonchev–Trinajstić information content (AvgIpc) is 2.83. The Kier molecular flexibility index (Phi) is 2.73. The molecule has 0 atom stereocenters. The Bertz CT molecular complexity index is 586. The fourth-order valence-electron chi connectivity index (χ4n) is 2.56. The van der Waals surface area contributed by atoms with Crippen LogP contribution in [0.25, 0.3) is 0 Å². The summed E-state index contributed by atoms with van der Waals surface area (Å²) >= 11 is 0. The molecule has 0 spiro atoms. The molecule has 0 aliphatic carbocycles. The van der Waals surface area contributed by atoms with Gasteiger partial charge in [0.1, 0.15) is 5.69 Å². The van der Waals surface area contributed by atoms with Gasteiger partial charge in [0, 0.05) is 20.1 Å². The van der Waals surface area contributed by atoms with Crippen molar-refractivity contribution in [1.82, 2.24) is 24.9 Å². The monoisotopic (exact) mass is 277 g/mol. The summed E-state index contributed by atoms with van der Waals surface area (Å²) in [5.41, 5.74) is 1.29. The first-order valence-corrected chi connectivity index (χ1v) is 6.37. The molecule has 20 heavy (non-hydrogen) atoms. The minimum absolute atomic E-state index is 0.0458. The molecule has 2 aliphatic rings. The molecule has 2 aliphatic heterocycles. The third-order valence-corrected chi connectivity index (χ3v) is 3.61. The summed E-state index contributed by atoms with van der Waals surface area (Å²) in [4.78, 5) is 38.1. The summed E-state index contributed by atoms with van der Waals surface area (Å²) in [6.07, 6.45) is 0. The quantitative estimate of drug-likeness (QED) is 0.710. The minimum atomic E-state index is -0.372. The van der Waals surface area contributed by atoms with E-state index in [-0.39, 0.29) is 30.4 Å². The standard InChI is InChI=1S/C12H15N5O3/c1-7-3-9(15(2)14-7)11(19)16-5-8(6-16)17-10(18)4-13-12(17)20/h3,8H,4-6H2,1-2H3,(H,13,20). The fraction of sp³-hybridized carbons (Fsp3) is 0.500. The number of imide groups is 1. The predicted molar refractivity (Wildman–Crippen MR) is 67.9 cm³/mol. The number of urea groups is 1. The lowest BCUT2D eigenvalue weighted by Crippen LogP contribution is -2.62. The first kappa shape index (κ1) is 12.6.